The first-order valence-electron chi connectivity index (χ1n) is 10.2. The zero-order valence-electron chi connectivity index (χ0n) is 15.9. The van der Waals surface area contributed by atoms with Crippen molar-refractivity contribution in [3.63, 3.8) is 0 Å². The van der Waals surface area contributed by atoms with Crippen molar-refractivity contribution in [2.45, 2.75) is 63.0 Å². The van der Waals surface area contributed by atoms with Crippen molar-refractivity contribution in [1.82, 2.24) is 15.5 Å². The molecular weight excluding hydrogens is 316 g/mol. The van der Waals surface area contributed by atoms with Crippen LogP contribution in [0.15, 0.2) is 4.99 Å². The Morgan fingerprint density at radius 3 is 2.52 bits per heavy atom. The Labute approximate surface area is 152 Å². The molecule has 2 N–H and O–H groups in total. The molecule has 3 fully saturated rings. The first-order valence-corrected chi connectivity index (χ1v) is 10.2. The van der Waals surface area contributed by atoms with Gasteiger partial charge in [0.15, 0.2) is 5.96 Å². The summed E-state index contributed by atoms with van der Waals surface area (Å²) in [7, 11) is 1.86. The van der Waals surface area contributed by atoms with E-state index >= 15 is 0 Å². The second-order valence-electron chi connectivity index (χ2n) is 7.68. The minimum Gasteiger partial charge on any atom is -0.379 e. The molecule has 0 aromatic rings. The minimum atomic E-state index is 0.265. The fourth-order valence-electron chi connectivity index (χ4n) is 4.50. The van der Waals surface area contributed by atoms with Crippen molar-refractivity contribution in [3.8, 4) is 0 Å². The smallest absolute Gasteiger partial charge is 0.191 e. The second-order valence-corrected chi connectivity index (χ2v) is 7.68. The van der Waals surface area contributed by atoms with Gasteiger partial charge in [0, 0.05) is 45.4 Å². The van der Waals surface area contributed by atoms with Crippen molar-refractivity contribution in [3.05, 3.63) is 0 Å². The Morgan fingerprint density at radius 2 is 1.84 bits per heavy atom. The summed E-state index contributed by atoms with van der Waals surface area (Å²) in [6.07, 6.45) is 10.6. The van der Waals surface area contributed by atoms with Crippen LogP contribution >= 0.6 is 0 Å². The third kappa shape index (κ3) is 5.31. The van der Waals surface area contributed by atoms with E-state index in [0.717, 1.165) is 58.4 Å². The molecule has 1 aliphatic carbocycles. The Balaban J connectivity index is 1.51. The molecular formula is C19H36N4O2. The molecule has 1 unspecified atom stereocenters. The van der Waals surface area contributed by atoms with E-state index in [-0.39, 0.29) is 5.54 Å². The van der Waals surface area contributed by atoms with Gasteiger partial charge in [-0.05, 0) is 32.1 Å². The SMILES string of the molecule is CN=C(NCC1CCCCO1)NCC1(N2CCOCC2)CCCCC1. The molecule has 0 radical (unpaired) electrons. The third-order valence-electron chi connectivity index (χ3n) is 6.05. The molecule has 6 heteroatoms. The molecule has 3 rings (SSSR count). The van der Waals surface area contributed by atoms with Gasteiger partial charge >= 0.3 is 0 Å². The van der Waals surface area contributed by atoms with Crippen LogP contribution in [0.3, 0.4) is 0 Å². The maximum absolute atomic E-state index is 5.81. The van der Waals surface area contributed by atoms with Gasteiger partial charge < -0.3 is 20.1 Å². The monoisotopic (exact) mass is 352 g/mol. The highest BCUT2D eigenvalue weighted by atomic mass is 16.5. The number of aliphatic imine (C=N–C) groups is 1. The second kappa shape index (κ2) is 9.74. The molecule has 0 aromatic carbocycles. The number of ether oxygens (including phenoxy) is 2. The molecule has 0 bridgehead atoms. The maximum atomic E-state index is 5.81. The summed E-state index contributed by atoms with van der Waals surface area (Å²) in [5.74, 6) is 0.910. The lowest BCUT2D eigenvalue weighted by Crippen LogP contribution is -2.60. The van der Waals surface area contributed by atoms with E-state index in [1.54, 1.807) is 0 Å². The van der Waals surface area contributed by atoms with Crippen LogP contribution in [-0.4, -0.2) is 75.5 Å². The van der Waals surface area contributed by atoms with E-state index in [9.17, 15) is 0 Å². The quantitative estimate of drug-likeness (QED) is 0.583. The van der Waals surface area contributed by atoms with E-state index < -0.39 is 0 Å². The van der Waals surface area contributed by atoms with E-state index in [0.29, 0.717) is 6.10 Å². The molecule has 144 valence electrons. The van der Waals surface area contributed by atoms with Crippen molar-refractivity contribution >= 4 is 5.96 Å². The van der Waals surface area contributed by atoms with Crippen molar-refractivity contribution in [2.24, 2.45) is 4.99 Å². The Kier molecular flexibility index (Phi) is 7.37. The van der Waals surface area contributed by atoms with Crippen LogP contribution in [0.4, 0.5) is 0 Å². The fourth-order valence-corrected chi connectivity index (χ4v) is 4.50. The molecule has 3 aliphatic rings. The average Bonchev–Trinajstić information content (AvgIpc) is 2.70. The predicted molar refractivity (Wildman–Crippen MR) is 101 cm³/mol. The lowest BCUT2D eigenvalue weighted by molar-refractivity contribution is -0.0353. The van der Waals surface area contributed by atoms with E-state index in [1.165, 1.54) is 44.9 Å². The molecule has 2 saturated heterocycles. The summed E-state index contributed by atoms with van der Waals surface area (Å²) < 4.78 is 11.4. The Morgan fingerprint density at radius 1 is 1.04 bits per heavy atom. The van der Waals surface area contributed by atoms with Gasteiger partial charge in [0.1, 0.15) is 0 Å². The summed E-state index contributed by atoms with van der Waals surface area (Å²) in [4.78, 5) is 7.10. The Hall–Kier alpha value is -0.850. The molecule has 1 atom stereocenters. The number of nitrogens with zero attached hydrogens (tertiary/aromatic N) is 2. The summed E-state index contributed by atoms with van der Waals surface area (Å²) in [6, 6.07) is 0. The van der Waals surface area contributed by atoms with E-state index in [1.807, 2.05) is 7.05 Å². The number of nitrogens with one attached hydrogen (secondary N) is 2. The zero-order valence-corrected chi connectivity index (χ0v) is 15.9. The number of rotatable bonds is 5. The summed E-state index contributed by atoms with van der Waals surface area (Å²) in [5.41, 5.74) is 0.265. The summed E-state index contributed by atoms with van der Waals surface area (Å²) in [6.45, 7) is 6.58. The highest BCUT2D eigenvalue weighted by Gasteiger charge is 2.38. The van der Waals surface area contributed by atoms with Crippen LogP contribution in [0.1, 0.15) is 51.4 Å². The molecule has 0 amide bonds. The molecule has 6 nitrogen and oxygen atoms in total. The van der Waals surface area contributed by atoms with Gasteiger partial charge in [-0.25, -0.2) is 0 Å². The van der Waals surface area contributed by atoms with Crippen LogP contribution in [0.2, 0.25) is 0 Å². The number of hydrogen-bond acceptors (Lipinski definition) is 4. The topological polar surface area (TPSA) is 58.1 Å². The maximum Gasteiger partial charge on any atom is 0.191 e. The van der Waals surface area contributed by atoms with E-state index in [2.05, 4.69) is 20.5 Å². The molecule has 0 spiro atoms. The van der Waals surface area contributed by atoms with Gasteiger partial charge in [-0.15, -0.1) is 0 Å². The molecule has 25 heavy (non-hydrogen) atoms. The fraction of sp³-hybridized carbons (Fsp3) is 0.947. The molecule has 2 heterocycles. The molecule has 1 saturated carbocycles. The highest BCUT2D eigenvalue weighted by molar-refractivity contribution is 5.79. The van der Waals surface area contributed by atoms with Crippen LogP contribution < -0.4 is 10.6 Å². The summed E-state index contributed by atoms with van der Waals surface area (Å²) >= 11 is 0. The van der Waals surface area contributed by atoms with Crippen LogP contribution in [0, 0.1) is 0 Å². The van der Waals surface area contributed by atoms with Gasteiger partial charge in [0.25, 0.3) is 0 Å². The van der Waals surface area contributed by atoms with Crippen LogP contribution in [-0.2, 0) is 9.47 Å². The normalized spacial score (nSPS) is 28.5. The predicted octanol–water partition coefficient (Wildman–Crippen LogP) is 1.76. The number of guanidine groups is 1. The van der Waals surface area contributed by atoms with Crippen LogP contribution in [0.5, 0.6) is 0 Å². The number of hydrogen-bond donors (Lipinski definition) is 2. The highest BCUT2D eigenvalue weighted by Crippen LogP contribution is 2.33. The largest absolute Gasteiger partial charge is 0.379 e. The Bertz CT molecular complexity index is 412. The lowest BCUT2D eigenvalue weighted by atomic mass is 9.80. The minimum absolute atomic E-state index is 0.265. The van der Waals surface area contributed by atoms with Gasteiger partial charge in [-0.3, -0.25) is 9.89 Å². The van der Waals surface area contributed by atoms with Crippen LogP contribution in [0.25, 0.3) is 0 Å². The van der Waals surface area contributed by atoms with Gasteiger partial charge in [0.2, 0.25) is 0 Å². The zero-order chi connectivity index (χ0) is 17.4. The summed E-state index contributed by atoms with van der Waals surface area (Å²) in [5, 5.41) is 7.09. The number of morpholine rings is 1. The van der Waals surface area contributed by atoms with Gasteiger partial charge in [-0.1, -0.05) is 19.3 Å². The first-order chi connectivity index (χ1) is 12.3. The molecule has 0 aromatic heterocycles. The van der Waals surface area contributed by atoms with Gasteiger partial charge in [0.05, 0.1) is 19.3 Å². The lowest BCUT2D eigenvalue weighted by Gasteiger charge is -2.48. The molecule has 2 aliphatic heterocycles. The standard InChI is InChI=1S/C19H36N4O2/c1-20-18(21-15-17-7-3-6-12-25-17)22-16-19(8-4-2-5-9-19)23-10-13-24-14-11-23/h17H,2-16H2,1H3,(H2,20,21,22). The first kappa shape index (κ1) is 18.9. The van der Waals surface area contributed by atoms with Crippen molar-refractivity contribution < 1.29 is 9.47 Å². The average molecular weight is 353 g/mol. The van der Waals surface area contributed by atoms with Gasteiger partial charge in [-0.2, -0.15) is 0 Å². The van der Waals surface area contributed by atoms with E-state index in [4.69, 9.17) is 9.47 Å². The third-order valence-corrected chi connectivity index (χ3v) is 6.05. The van der Waals surface area contributed by atoms with Crippen molar-refractivity contribution in [2.75, 3.05) is 53.0 Å². The van der Waals surface area contributed by atoms with Crippen molar-refractivity contribution in [1.29, 1.82) is 0 Å².